The van der Waals surface area contributed by atoms with Crippen molar-refractivity contribution in [1.29, 1.82) is 0 Å². The summed E-state index contributed by atoms with van der Waals surface area (Å²) in [5, 5.41) is 14.5. The number of nitrogens with two attached hydrogens (primary N) is 1. The predicted octanol–water partition coefficient (Wildman–Crippen LogP) is 4.24. The number of nitro benzene ring substituents is 1. The van der Waals surface area contributed by atoms with E-state index in [0.29, 0.717) is 0 Å². The molecule has 2 aromatic carbocycles. The highest BCUT2D eigenvalue weighted by Crippen LogP contribution is 2.23. The van der Waals surface area contributed by atoms with Gasteiger partial charge in [0.2, 0.25) is 0 Å². The van der Waals surface area contributed by atoms with Crippen molar-refractivity contribution < 1.29 is 4.92 Å². The molecular formula is C19H25N3O2. The van der Waals surface area contributed by atoms with Crippen LogP contribution in [0.15, 0.2) is 48.5 Å². The summed E-state index contributed by atoms with van der Waals surface area (Å²) in [4.78, 5) is 10.7. The summed E-state index contributed by atoms with van der Waals surface area (Å²) in [5.74, 6) is 0. The number of nitrogens with zero attached hydrogens (tertiary/aromatic N) is 1. The third-order valence-corrected chi connectivity index (χ3v) is 4.11. The minimum Gasteiger partial charge on any atom is -0.399 e. The van der Waals surface area contributed by atoms with Crippen LogP contribution in [-0.4, -0.2) is 11.5 Å². The molecule has 0 bridgehead atoms. The Labute approximate surface area is 143 Å². The van der Waals surface area contributed by atoms with E-state index in [9.17, 15) is 10.1 Å². The first kappa shape index (κ1) is 17.9. The molecule has 128 valence electrons. The summed E-state index contributed by atoms with van der Waals surface area (Å²) in [7, 11) is 0. The Morgan fingerprint density at radius 3 is 2.62 bits per heavy atom. The molecule has 0 heterocycles. The SMILES string of the molecule is CCCCC(NCCc1ccc(N)cc1)c1cccc([N+](=O)[O-])c1. The Hall–Kier alpha value is -2.40. The summed E-state index contributed by atoms with van der Waals surface area (Å²) >= 11 is 0. The van der Waals surface area contributed by atoms with Crippen LogP contribution in [0.5, 0.6) is 0 Å². The summed E-state index contributed by atoms with van der Waals surface area (Å²) in [6, 6.07) is 15.0. The first-order chi connectivity index (χ1) is 11.6. The van der Waals surface area contributed by atoms with E-state index >= 15 is 0 Å². The number of nitro groups is 1. The lowest BCUT2D eigenvalue weighted by atomic mass is 10.00. The van der Waals surface area contributed by atoms with Gasteiger partial charge in [-0.15, -0.1) is 0 Å². The fourth-order valence-electron chi connectivity index (χ4n) is 2.72. The largest absolute Gasteiger partial charge is 0.399 e. The second kappa shape index (κ2) is 9.03. The first-order valence-electron chi connectivity index (χ1n) is 8.42. The molecule has 0 amide bonds. The second-order valence-corrected chi connectivity index (χ2v) is 5.99. The van der Waals surface area contributed by atoms with E-state index in [0.717, 1.165) is 43.5 Å². The summed E-state index contributed by atoms with van der Waals surface area (Å²) in [6.07, 6.45) is 4.06. The lowest BCUT2D eigenvalue weighted by molar-refractivity contribution is -0.384. The number of nitrogens with one attached hydrogen (secondary N) is 1. The highest BCUT2D eigenvalue weighted by atomic mass is 16.6. The molecule has 5 nitrogen and oxygen atoms in total. The Bertz CT molecular complexity index is 656. The maximum atomic E-state index is 11.0. The Morgan fingerprint density at radius 1 is 1.21 bits per heavy atom. The zero-order valence-electron chi connectivity index (χ0n) is 14.1. The molecule has 0 spiro atoms. The number of anilines is 1. The van der Waals surface area contributed by atoms with Gasteiger partial charge in [0.1, 0.15) is 0 Å². The molecular weight excluding hydrogens is 302 g/mol. The molecule has 0 aliphatic carbocycles. The van der Waals surface area contributed by atoms with Crippen LogP contribution < -0.4 is 11.1 Å². The van der Waals surface area contributed by atoms with Crippen molar-refractivity contribution in [3.8, 4) is 0 Å². The number of rotatable bonds is 9. The molecule has 1 atom stereocenters. The molecule has 5 heteroatoms. The van der Waals surface area contributed by atoms with Crippen LogP contribution in [0.3, 0.4) is 0 Å². The van der Waals surface area contributed by atoms with E-state index in [2.05, 4.69) is 12.2 Å². The average Bonchev–Trinajstić information content (AvgIpc) is 2.59. The van der Waals surface area contributed by atoms with Crippen molar-refractivity contribution in [3.05, 3.63) is 69.8 Å². The maximum Gasteiger partial charge on any atom is 0.269 e. The van der Waals surface area contributed by atoms with E-state index in [4.69, 9.17) is 5.73 Å². The van der Waals surface area contributed by atoms with E-state index in [1.54, 1.807) is 12.1 Å². The monoisotopic (exact) mass is 327 g/mol. The van der Waals surface area contributed by atoms with Crippen LogP contribution >= 0.6 is 0 Å². The fourth-order valence-corrected chi connectivity index (χ4v) is 2.72. The molecule has 0 saturated heterocycles. The highest BCUT2D eigenvalue weighted by molar-refractivity contribution is 5.39. The second-order valence-electron chi connectivity index (χ2n) is 5.99. The third kappa shape index (κ3) is 5.35. The van der Waals surface area contributed by atoms with Crippen molar-refractivity contribution >= 4 is 11.4 Å². The molecule has 0 fully saturated rings. The van der Waals surface area contributed by atoms with Crippen LogP contribution in [0.2, 0.25) is 0 Å². The van der Waals surface area contributed by atoms with Crippen LogP contribution in [0, 0.1) is 10.1 Å². The van der Waals surface area contributed by atoms with Crippen molar-refractivity contribution in [2.45, 2.75) is 38.6 Å². The van der Waals surface area contributed by atoms with Gasteiger partial charge in [-0.2, -0.15) is 0 Å². The maximum absolute atomic E-state index is 11.0. The van der Waals surface area contributed by atoms with Gasteiger partial charge in [0.25, 0.3) is 5.69 Å². The minimum atomic E-state index is -0.339. The molecule has 0 aliphatic rings. The molecule has 3 N–H and O–H groups in total. The van der Waals surface area contributed by atoms with Gasteiger partial charge < -0.3 is 11.1 Å². The van der Waals surface area contributed by atoms with Crippen molar-refractivity contribution in [3.63, 3.8) is 0 Å². The minimum absolute atomic E-state index is 0.138. The molecule has 0 radical (unpaired) electrons. The molecule has 2 rings (SSSR count). The van der Waals surface area contributed by atoms with Gasteiger partial charge in [-0.3, -0.25) is 10.1 Å². The smallest absolute Gasteiger partial charge is 0.269 e. The average molecular weight is 327 g/mol. The van der Waals surface area contributed by atoms with Gasteiger partial charge in [-0.1, -0.05) is 44.0 Å². The van der Waals surface area contributed by atoms with E-state index < -0.39 is 0 Å². The predicted molar refractivity (Wildman–Crippen MR) is 97.9 cm³/mol. The van der Waals surface area contributed by atoms with Gasteiger partial charge in [0.15, 0.2) is 0 Å². The van der Waals surface area contributed by atoms with Gasteiger partial charge >= 0.3 is 0 Å². The number of unbranched alkanes of at least 4 members (excludes halogenated alkanes) is 1. The van der Waals surface area contributed by atoms with Crippen LogP contribution in [0.4, 0.5) is 11.4 Å². The van der Waals surface area contributed by atoms with Gasteiger partial charge in [0, 0.05) is 23.9 Å². The standard InChI is InChI=1S/C19H25N3O2/c1-2-3-7-19(16-5-4-6-18(14-16)22(23)24)21-13-12-15-8-10-17(20)11-9-15/h4-6,8-11,14,19,21H,2-3,7,12-13,20H2,1H3. The topological polar surface area (TPSA) is 81.2 Å². The van der Waals surface area contributed by atoms with Gasteiger partial charge in [0.05, 0.1) is 4.92 Å². The molecule has 24 heavy (non-hydrogen) atoms. The summed E-state index contributed by atoms with van der Waals surface area (Å²) in [5.41, 5.74) is 8.83. The van der Waals surface area contributed by atoms with E-state index in [-0.39, 0.29) is 16.7 Å². The van der Waals surface area contributed by atoms with Crippen LogP contribution in [-0.2, 0) is 6.42 Å². The molecule has 1 unspecified atom stereocenters. The van der Waals surface area contributed by atoms with Crippen LogP contribution in [0.25, 0.3) is 0 Å². The number of non-ortho nitro benzene ring substituents is 1. The van der Waals surface area contributed by atoms with Crippen molar-refractivity contribution in [2.24, 2.45) is 0 Å². The number of hydrogen-bond donors (Lipinski definition) is 2. The molecule has 2 aromatic rings. The molecule has 0 aliphatic heterocycles. The fraction of sp³-hybridized carbons (Fsp3) is 0.368. The van der Waals surface area contributed by atoms with Crippen molar-refractivity contribution in [2.75, 3.05) is 12.3 Å². The van der Waals surface area contributed by atoms with Crippen molar-refractivity contribution in [1.82, 2.24) is 5.32 Å². The number of nitrogen functional groups attached to an aromatic ring is 1. The summed E-state index contributed by atoms with van der Waals surface area (Å²) < 4.78 is 0. The molecule has 0 aromatic heterocycles. The Balaban J connectivity index is 2.00. The normalized spacial score (nSPS) is 12.0. The van der Waals surface area contributed by atoms with Gasteiger partial charge in [-0.05, 0) is 42.6 Å². The van der Waals surface area contributed by atoms with E-state index in [1.807, 2.05) is 30.3 Å². The van der Waals surface area contributed by atoms with E-state index in [1.165, 1.54) is 11.6 Å². The zero-order chi connectivity index (χ0) is 17.4. The first-order valence-corrected chi connectivity index (χ1v) is 8.42. The Morgan fingerprint density at radius 2 is 1.96 bits per heavy atom. The number of hydrogen-bond acceptors (Lipinski definition) is 4. The van der Waals surface area contributed by atoms with Crippen LogP contribution in [0.1, 0.15) is 43.4 Å². The van der Waals surface area contributed by atoms with Gasteiger partial charge in [-0.25, -0.2) is 0 Å². The molecule has 0 saturated carbocycles. The summed E-state index contributed by atoms with van der Waals surface area (Å²) in [6.45, 7) is 2.97. The highest BCUT2D eigenvalue weighted by Gasteiger charge is 2.14. The lowest BCUT2D eigenvalue weighted by Crippen LogP contribution is -2.24. The third-order valence-electron chi connectivity index (χ3n) is 4.11. The lowest BCUT2D eigenvalue weighted by Gasteiger charge is -2.19. The quantitative estimate of drug-likeness (QED) is 0.410. The Kier molecular flexibility index (Phi) is 6.75. The zero-order valence-corrected chi connectivity index (χ0v) is 14.1. The number of benzene rings is 2.